The highest BCUT2D eigenvalue weighted by Gasteiger charge is 2.36. The molecule has 5 heteroatoms. The zero-order valence-corrected chi connectivity index (χ0v) is 13.7. The molecule has 0 aliphatic carbocycles. The van der Waals surface area contributed by atoms with Crippen LogP contribution in [0.25, 0.3) is 0 Å². The van der Waals surface area contributed by atoms with Gasteiger partial charge in [0, 0.05) is 18.0 Å². The number of amides is 1. The van der Waals surface area contributed by atoms with Crippen molar-refractivity contribution in [3.8, 4) is 0 Å². The predicted octanol–water partition coefficient (Wildman–Crippen LogP) is 2.91. The van der Waals surface area contributed by atoms with E-state index in [9.17, 15) is 4.79 Å². The minimum absolute atomic E-state index is 0.111. The van der Waals surface area contributed by atoms with Crippen LogP contribution in [0.4, 0.5) is 0 Å². The molecule has 1 atom stereocenters. The summed E-state index contributed by atoms with van der Waals surface area (Å²) in [7, 11) is 4.16. The maximum atomic E-state index is 12.1. The summed E-state index contributed by atoms with van der Waals surface area (Å²) in [6, 6.07) is 4.19. The van der Waals surface area contributed by atoms with Crippen LogP contribution in [-0.4, -0.2) is 48.6 Å². The van der Waals surface area contributed by atoms with Gasteiger partial charge in [0.25, 0.3) is 0 Å². The Balaban J connectivity index is 2.10. The normalized spacial score (nSPS) is 20.6. The van der Waals surface area contributed by atoms with Crippen molar-refractivity contribution in [2.24, 2.45) is 5.41 Å². The van der Waals surface area contributed by atoms with E-state index in [0.717, 1.165) is 13.1 Å². The largest absolute Gasteiger partial charge is 0.324 e. The van der Waals surface area contributed by atoms with E-state index < -0.39 is 0 Å². The average Bonchev–Trinajstić information content (AvgIpc) is 2.87. The first-order valence-corrected chi connectivity index (χ1v) is 8.41. The monoisotopic (exact) mass is 298 g/mol. The molecule has 1 aliphatic rings. The van der Waals surface area contributed by atoms with Crippen LogP contribution in [0.3, 0.4) is 0 Å². The first-order valence-electron chi connectivity index (χ1n) is 6.48. The Morgan fingerprint density at radius 1 is 1.47 bits per heavy atom. The molecule has 2 heterocycles. The zero-order chi connectivity index (χ0) is 14.0. The van der Waals surface area contributed by atoms with Crippen molar-refractivity contribution in [3.05, 3.63) is 22.4 Å². The van der Waals surface area contributed by atoms with Crippen molar-refractivity contribution in [1.29, 1.82) is 0 Å². The lowest BCUT2D eigenvalue weighted by molar-refractivity contribution is -0.129. The number of hydrogen-bond acceptors (Lipinski definition) is 4. The lowest BCUT2D eigenvalue weighted by atomic mass is 9.92. The van der Waals surface area contributed by atoms with Crippen molar-refractivity contribution in [3.63, 3.8) is 0 Å². The first kappa shape index (κ1) is 14.9. The van der Waals surface area contributed by atoms with Gasteiger partial charge in [-0.1, -0.05) is 19.9 Å². The van der Waals surface area contributed by atoms with Crippen LogP contribution < -0.4 is 0 Å². The Morgan fingerprint density at radius 3 is 2.79 bits per heavy atom. The Labute approximate surface area is 124 Å². The molecule has 0 bridgehead atoms. The quantitative estimate of drug-likeness (QED) is 0.835. The Hall–Kier alpha value is -0.520. The molecule has 1 aromatic heterocycles. The van der Waals surface area contributed by atoms with Gasteiger partial charge in [0.2, 0.25) is 5.91 Å². The highest BCUT2D eigenvalue weighted by molar-refractivity contribution is 8.00. The van der Waals surface area contributed by atoms with E-state index in [2.05, 4.69) is 55.3 Å². The number of carbonyl (C=O) groups is 1. The van der Waals surface area contributed by atoms with Gasteiger partial charge < -0.3 is 9.80 Å². The van der Waals surface area contributed by atoms with Crippen LogP contribution in [0.15, 0.2) is 17.5 Å². The second-order valence-corrected chi connectivity index (χ2v) is 8.15. The minimum atomic E-state index is 0.111. The van der Waals surface area contributed by atoms with Gasteiger partial charge in [-0.3, -0.25) is 4.79 Å². The highest BCUT2D eigenvalue weighted by atomic mass is 32.2. The Bertz CT molecular complexity index is 429. The molecule has 19 heavy (non-hydrogen) atoms. The molecule has 3 nitrogen and oxygen atoms in total. The summed E-state index contributed by atoms with van der Waals surface area (Å²) < 4.78 is 0. The molecule has 1 aromatic rings. The average molecular weight is 298 g/mol. The van der Waals surface area contributed by atoms with Gasteiger partial charge in [-0.2, -0.15) is 0 Å². The number of rotatable bonds is 5. The summed E-state index contributed by atoms with van der Waals surface area (Å²) in [5.41, 5.74) is 0.111. The molecule has 1 saturated heterocycles. The lowest BCUT2D eigenvalue weighted by Crippen LogP contribution is -2.41. The van der Waals surface area contributed by atoms with E-state index in [4.69, 9.17) is 0 Å². The van der Waals surface area contributed by atoms with Crippen LogP contribution in [0.2, 0.25) is 0 Å². The topological polar surface area (TPSA) is 23.6 Å². The third kappa shape index (κ3) is 3.74. The van der Waals surface area contributed by atoms with E-state index in [0.29, 0.717) is 5.75 Å². The van der Waals surface area contributed by atoms with Gasteiger partial charge in [-0.15, -0.1) is 23.1 Å². The minimum Gasteiger partial charge on any atom is -0.324 e. The van der Waals surface area contributed by atoms with E-state index in [1.165, 1.54) is 4.88 Å². The SMILES string of the molecule is CN(C)CC(C)(C)CN1C(=O)CSC1c1cccs1. The van der Waals surface area contributed by atoms with Gasteiger partial charge >= 0.3 is 0 Å². The van der Waals surface area contributed by atoms with Crippen LogP contribution in [0, 0.1) is 5.41 Å². The molecular weight excluding hydrogens is 276 g/mol. The maximum Gasteiger partial charge on any atom is 0.233 e. The summed E-state index contributed by atoms with van der Waals surface area (Å²) in [5.74, 6) is 0.885. The number of thiophene rings is 1. The van der Waals surface area contributed by atoms with Gasteiger partial charge in [0.15, 0.2) is 0 Å². The molecule has 106 valence electrons. The third-order valence-corrected chi connectivity index (χ3v) is 5.41. The predicted molar refractivity (Wildman–Crippen MR) is 83.6 cm³/mol. The fraction of sp³-hybridized carbons (Fsp3) is 0.643. The fourth-order valence-corrected chi connectivity index (χ4v) is 4.83. The summed E-state index contributed by atoms with van der Waals surface area (Å²) in [5, 5.41) is 2.30. The fourth-order valence-electron chi connectivity index (χ4n) is 2.66. The third-order valence-electron chi connectivity index (χ3n) is 3.10. The van der Waals surface area contributed by atoms with Crippen molar-refractivity contribution in [1.82, 2.24) is 9.80 Å². The van der Waals surface area contributed by atoms with Crippen molar-refractivity contribution in [2.75, 3.05) is 32.9 Å². The number of hydrogen-bond donors (Lipinski definition) is 0. The molecule has 1 aliphatic heterocycles. The number of nitrogens with zero attached hydrogens (tertiary/aromatic N) is 2. The summed E-state index contributed by atoms with van der Waals surface area (Å²) >= 11 is 3.49. The van der Waals surface area contributed by atoms with Crippen molar-refractivity contribution >= 4 is 29.0 Å². The Morgan fingerprint density at radius 2 is 2.21 bits per heavy atom. The second kappa shape index (κ2) is 5.85. The van der Waals surface area contributed by atoms with E-state index in [1.807, 2.05) is 0 Å². The molecule has 1 fully saturated rings. The summed E-state index contributed by atoms with van der Waals surface area (Å²) in [4.78, 5) is 17.7. The van der Waals surface area contributed by atoms with Crippen LogP contribution in [-0.2, 0) is 4.79 Å². The standard InChI is InChI=1S/C14H22N2OS2/c1-14(2,9-15(3)4)10-16-12(17)8-19-13(16)11-6-5-7-18-11/h5-7,13H,8-10H2,1-4H3. The van der Waals surface area contributed by atoms with Gasteiger partial charge in [0.1, 0.15) is 5.37 Å². The van der Waals surface area contributed by atoms with Gasteiger partial charge in [0.05, 0.1) is 5.75 Å². The lowest BCUT2D eigenvalue weighted by Gasteiger charge is -2.34. The van der Waals surface area contributed by atoms with Gasteiger partial charge in [-0.25, -0.2) is 0 Å². The zero-order valence-electron chi connectivity index (χ0n) is 12.0. The molecule has 0 radical (unpaired) electrons. The van der Waals surface area contributed by atoms with Crippen LogP contribution in [0.1, 0.15) is 24.1 Å². The molecule has 1 unspecified atom stereocenters. The van der Waals surface area contributed by atoms with E-state index >= 15 is 0 Å². The molecule has 0 saturated carbocycles. The van der Waals surface area contributed by atoms with Crippen molar-refractivity contribution in [2.45, 2.75) is 19.2 Å². The molecule has 2 rings (SSSR count). The summed E-state index contributed by atoms with van der Waals surface area (Å²) in [6.07, 6.45) is 0. The van der Waals surface area contributed by atoms with E-state index in [1.54, 1.807) is 23.1 Å². The van der Waals surface area contributed by atoms with Crippen LogP contribution >= 0.6 is 23.1 Å². The molecule has 0 aromatic carbocycles. The van der Waals surface area contributed by atoms with Crippen LogP contribution in [0.5, 0.6) is 0 Å². The van der Waals surface area contributed by atoms with Gasteiger partial charge in [-0.05, 0) is 31.0 Å². The number of carbonyl (C=O) groups excluding carboxylic acids is 1. The highest BCUT2D eigenvalue weighted by Crippen LogP contribution is 2.42. The molecule has 1 amide bonds. The van der Waals surface area contributed by atoms with E-state index in [-0.39, 0.29) is 16.7 Å². The maximum absolute atomic E-state index is 12.1. The Kier molecular flexibility index (Phi) is 4.58. The first-order chi connectivity index (χ1) is 8.89. The molecular formula is C14H22N2OS2. The molecule has 0 spiro atoms. The summed E-state index contributed by atoms with van der Waals surface area (Å²) in [6.45, 7) is 6.27. The number of thioether (sulfide) groups is 1. The smallest absolute Gasteiger partial charge is 0.233 e. The molecule has 0 N–H and O–H groups in total. The van der Waals surface area contributed by atoms with Crippen molar-refractivity contribution < 1.29 is 4.79 Å². The second-order valence-electron chi connectivity index (χ2n) is 6.10.